The molecule has 200 valence electrons. The molecular formula is C29H38N2O6. The Labute approximate surface area is 219 Å². The second-order valence-electron chi connectivity index (χ2n) is 9.17. The number of benzene rings is 2. The van der Waals surface area contributed by atoms with Crippen molar-refractivity contribution < 1.29 is 28.9 Å². The number of Topliss-reactive ketones (excluding diaryl/α,β-unsaturated/α-hetero) is 1. The zero-order valence-electron chi connectivity index (χ0n) is 22.6. The molecule has 0 aliphatic carbocycles. The normalized spacial score (nSPS) is 17.1. The summed E-state index contributed by atoms with van der Waals surface area (Å²) in [5.41, 5.74) is 1.02. The average Bonchev–Trinajstić information content (AvgIpc) is 3.15. The molecule has 8 heteroatoms. The molecular weight excluding hydrogens is 472 g/mol. The number of carbonyl (C=O) groups is 2. The van der Waals surface area contributed by atoms with Gasteiger partial charge in [-0.2, -0.15) is 0 Å². The van der Waals surface area contributed by atoms with Crippen LogP contribution < -0.4 is 14.2 Å². The Hall–Kier alpha value is -3.52. The number of aliphatic hydroxyl groups excluding tert-OH is 1. The summed E-state index contributed by atoms with van der Waals surface area (Å²) in [6.45, 7) is 11.0. The lowest BCUT2D eigenvalue weighted by Crippen LogP contribution is -2.33. The monoisotopic (exact) mass is 510 g/mol. The van der Waals surface area contributed by atoms with E-state index in [1.165, 1.54) is 12.0 Å². The number of rotatable bonds is 12. The van der Waals surface area contributed by atoms with Crippen LogP contribution in [0.4, 0.5) is 0 Å². The molecule has 0 saturated carbocycles. The van der Waals surface area contributed by atoms with Gasteiger partial charge in [-0.05, 0) is 82.4 Å². The summed E-state index contributed by atoms with van der Waals surface area (Å²) < 4.78 is 16.7. The number of ether oxygens (including phenoxy) is 3. The maximum Gasteiger partial charge on any atom is 0.295 e. The van der Waals surface area contributed by atoms with E-state index in [0.29, 0.717) is 41.3 Å². The first-order valence-corrected chi connectivity index (χ1v) is 12.7. The number of likely N-dealkylation sites (tertiary alicyclic amines) is 1. The third-order valence-corrected chi connectivity index (χ3v) is 6.54. The van der Waals surface area contributed by atoms with Gasteiger partial charge in [0.05, 0.1) is 31.9 Å². The predicted molar refractivity (Wildman–Crippen MR) is 143 cm³/mol. The topological polar surface area (TPSA) is 88.5 Å². The molecule has 8 nitrogen and oxygen atoms in total. The number of aliphatic hydroxyl groups is 1. The molecule has 1 atom stereocenters. The van der Waals surface area contributed by atoms with Crippen LogP contribution in [0.15, 0.2) is 48.0 Å². The summed E-state index contributed by atoms with van der Waals surface area (Å²) >= 11 is 0. The van der Waals surface area contributed by atoms with Crippen LogP contribution >= 0.6 is 0 Å². The van der Waals surface area contributed by atoms with Crippen molar-refractivity contribution in [2.75, 3.05) is 40.4 Å². The van der Waals surface area contributed by atoms with Crippen molar-refractivity contribution in [3.05, 3.63) is 59.2 Å². The maximum atomic E-state index is 13.4. The molecule has 0 unspecified atom stereocenters. The molecule has 1 heterocycles. The van der Waals surface area contributed by atoms with Crippen LogP contribution in [0.3, 0.4) is 0 Å². The molecule has 0 radical (unpaired) electrons. The van der Waals surface area contributed by atoms with Crippen molar-refractivity contribution >= 4 is 17.4 Å². The highest BCUT2D eigenvalue weighted by atomic mass is 16.5. The van der Waals surface area contributed by atoms with Gasteiger partial charge in [0.15, 0.2) is 0 Å². The van der Waals surface area contributed by atoms with Gasteiger partial charge in [-0.3, -0.25) is 9.59 Å². The fourth-order valence-electron chi connectivity index (χ4n) is 4.61. The van der Waals surface area contributed by atoms with Crippen LogP contribution in [-0.2, 0) is 9.59 Å². The number of hydrogen-bond donors (Lipinski definition) is 1. The van der Waals surface area contributed by atoms with Crippen LogP contribution in [0.5, 0.6) is 17.2 Å². The van der Waals surface area contributed by atoms with Gasteiger partial charge in [-0.15, -0.1) is 0 Å². The van der Waals surface area contributed by atoms with Crippen LogP contribution in [0.25, 0.3) is 5.76 Å². The molecule has 1 N–H and O–H groups in total. The van der Waals surface area contributed by atoms with Gasteiger partial charge in [0, 0.05) is 17.7 Å². The Morgan fingerprint density at radius 3 is 2.22 bits per heavy atom. The minimum absolute atomic E-state index is 0.00152. The third-order valence-electron chi connectivity index (χ3n) is 6.54. The van der Waals surface area contributed by atoms with Gasteiger partial charge in [-0.25, -0.2) is 0 Å². The highest BCUT2D eigenvalue weighted by Crippen LogP contribution is 2.44. The number of amides is 1. The fraction of sp³-hybridized carbons (Fsp3) is 0.448. The van der Waals surface area contributed by atoms with Gasteiger partial charge in [0.25, 0.3) is 11.7 Å². The summed E-state index contributed by atoms with van der Waals surface area (Å²) in [7, 11) is 3.08. The lowest BCUT2D eigenvalue weighted by atomic mass is 9.94. The predicted octanol–water partition coefficient (Wildman–Crippen LogP) is 4.64. The molecule has 2 aromatic carbocycles. The van der Waals surface area contributed by atoms with E-state index in [1.54, 1.807) is 49.6 Å². The molecule has 1 amide bonds. The first kappa shape index (κ1) is 28.1. The zero-order valence-corrected chi connectivity index (χ0v) is 22.6. The molecule has 1 aliphatic heterocycles. The van der Waals surface area contributed by atoms with Crippen LogP contribution in [0, 0.1) is 0 Å². The average molecular weight is 511 g/mol. The summed E-state index contributed by atoms with van der Waals surface area (Å²) in [4.78, 5) is 30.5. The van der Waals surface area contributed by atoms with Crippen molar-refractivity contribution in [2.24, 2.45) is 0 Å². The van der Waals surface area contributed by atoms with Crippen LogP contribution in [0.2, 0.25) is 0 Å². The SMILES string of the molecule is CCN(CC)CCCN1C(=O)C(=O)C(=C(O)c2ccc(OC(C)C)cc2)[C@H]1c1cc(OC)ccc1OC. The molecule has 1 aliphatic rings. The molecule has 0 bridgehead atoms. The van der Waals surface area contributed by atoms with E-state index in [9.17, 15) is 14.7 Å². The summed E-state index contributed by atoms with van der Waals surface area (Å²) in [5, 5.41) is 11.4. The van der Waals surface area contributed by atoms with E-state index in [-0.39, 0.29) is 17.4 Å². The van der Waals surface area contributed by atoms with Crippen LogP contribution in [0.1, 0.15) is 51.3 Å². The number of ketones is 1. The van der Waals surface area contributed by atoms with E-state index in [0.717, 1.165) is 19.6 Å². The van der Waals surface area contributed by atoms with E-state index >= 15 is 0 Å². The maximum absolute atomic E-state index is 13.4. The van der Waals surface area contributed by atoms with Gasteiger partial charge in [0.2, 0.25) is 0 Å². The van der Waals surface area contributed by atoms with E-state index in [1.807, 2.05) is 13.8 Å². The van der Waals surface area contributed by atoms with Crippen molar-refractivity contribution in [1.29, 1.82) is 0 Å². The molecule has 0 aromatic heterocycles. The number of nitrogens with zero attached hydrogens (tertiary/aromatic N) is 2. The minimum atomic E-state index is -0.826. The largest absolute Gasteiger partial charge is 0.507 e. The van der Waals surface area contributed by atoms with E-state index in [2.05, 4.69) is 18.7 Å². The summed E-state index contributed by atoms with van der Waals surface area (Å²) in [5.74, 6) is 0.0890. The van der Waals surface area contributed by atoms with Crippen molar-refractivity contribution in [3.63, 3.8) is 0 Å². The quantitative estimate of drug-likeness (QED) is 0.253. The van der Waals surface area contributed by atoms with Crippen molar-refractivity contribution in [3.8, 4) is 17.2 Å². The fourth-order valence-corrected chi connectivity index (χ4v) is 4.61. The summed E-state index contributed by atoms with van der Waals surface area (Å²) in [6.07, 6.45) is 0.681. The lowest BCUT2D eigenvalue weighted by Gasteiger charge is -2.28. The first-order chi connectivity index (χ1) is 17.7. The number of carbonyl (C=O) groups excluding carboxylic acids is 2. The van der Waals surface area contributed by atoms with Gasteiger partial charge < -0.3 is 29.1 Å². The summed E-state index contributed by atoms with van der Waals surface area (Å²) in [6, 6.07) is 11.2. The molecule has 37 heavy (non-hydrogen) atoms. The molecule has 3 rings (SSSR count). The molecule has 0 spiro atoms. The first-order valence-electron chi connectivity index (χ1n) is 12.7. The number of methoxy groups -OCH3 is 2. The number of hydrogen-bond acceptors (Lipinski definition) is 7. The Morgan fingerprint density at radius 2 is 1.65 bits per heavy atom. The van der Waals surface area contributed by atoms with E-state index < -0.39 is 17.7 Å². The Bertz CT molecular complexity index is 1120. The Kier molecular flexibility index (Phi) is 9.58. The zero-order chi connectivity index (χ0) is 27.1. The highest BCUT2D eigenvalue weighted by Gasteiger charge is 2.47. The van der Waals surface area contributed by atoms with Gasteiger partial charge in [0.1, 0.15) is 23.0 Å². The third kappa shape index (κ3) is 6.25. The van der Waals surface area contributed by atoms with Crippen LogP contribution in [-0.4, -0.2) is 73.1 Å². The molecule has 1 saturated heterocycles. The van der Waals surface area contributed by atoms with Gasteiger partial charge >= 0.3 is 0 Å². The standard InChI is InChI=1S/C29H38N2O6/c1-7-30(8-2)16-9-17-31-26(23-18-22(35-5)14-15-24(23)36-6)25(28(33)29(31)34)27(32)20-10-12-21(13-11-20)37-19(3)4/h10-15,18-19,26,32H,7-9,16-17H2,1-6H3/t26-/m1/s1. The van der Waals surface area contributed by atoms with Crippen molar-refractivity contribution in [2.45, 2.75) is 46.3 Å². The second kappa shape index (κ2) is 12.6. The van der Waals surface area contributed by atoms with Gasteiger partial charge in [-0.1, -0.05) is 13.8 Å². The smallest absolute Gasteiger partial charge is 0.295 e. The highest BCUT2D eigenvalue weighted by molar-refractivity contribution is 6.46. The minimum Gasteiger partial charge on any atom is -0.507 e. The Morgan fingerprint density at radius 1 is 1.00 bits per heavy atom. The lowest BCUT2D eigenvalue weighted by molar-refractivity contribution is -0.140. The molecule has 1 fully saturated rings. The molecule has 2 aromatic rings. The van der Waals surface area contributed by atoms with Crippen molar-refractivity contribution in [1.82, 2.24) is 9.80 Å². The second-order valence-corrected chi connectivity index (χ2v) is 9.17. The Balaban J connectivity index is 2.10. The van der Waals surface area contributed by atoms with E-state index in [4.69, 9.17) is 14.2 Å².